The Labute approximate surface area is 160 Å². The molecule has 0 spiro atoms. The minimum atomic E-state index is -5.17. The van der Waals surface area contributed by atoms with Gasteiger partial charge in [0.15, 0.2) is 0 Å². The number of ether oxygens (including phenoxy) is 1. The number of rotatable bonds is 7. The van der Waals surface area contributed by atoms with E-state index in [1.54, 1.807) is 36.5 Å². The minimum Gasteiger partial charge on any atom is -0.463 e. The third-order valence-electron chi connectivity index (χ3n) is 3.96. The van der Waals surface area contributed by atoms with Crippen LogP contribution in [-0.2, 0) is 16.1 Å². The number of nitrogens with zero attached hydrogens (tertiary/aromatic N) is 1. The maximum Gasteiger partial charge on any atom is 0.436 e. The van der Waals surface area contributed by atoms with Gasteiger partial charge in [-0.2, -0.15) is 13.2 Å². The van der Waals surface area contributed by atoms with Crippen molar-refractivity contribution in [3.63, 3.8) is 0 Å². The van der Waals surface area contributed by atoms with Gasteiger partial charge in [-0.05, 0) is 37.6 Å². The summed E-state index contributed by atoms with van der Waals surface area (Å²) in [5.74, 6) is -2.71. The fraction of sp³-hybridized carbons (Fsp3) is 0.316. The Morgan fingerprint density at radius 2 is 1.79 bits per heavy atom. The van der Waals surface area contributed by atoms with Crippen molar-refractivity contribution in [1.82, 2.24) is 15.6 Å². The van der Waals surface area contributed by atoms with Crippen LogP contribution < -0.4 is 10.6 Å². The smallest absolute Gasteiger partial charge is 0.436 e. The fourth-order valence-electron chi connectivity index (χ4n) is 2.48. The van der Waals surface area contributed by atoms with Gasteiger partial charge < -0.3 is 10.1 Å². The van der Waals surface area contributed by atoms with Crippen molar-refractivity contribution >= 4 is 11.9 Å². The van der Waals surface area contributed by atoms with E-state index in [0.717, 1.165) is 0 Å². The molecular formula is C19H20F3N3O3. The predicted octanol–water partition coefficient (Wildman–Crippen LogP) is 2.73. The standard InChI is InChI=1S/C19H20F3N3O3/c1-3-28-17(27)18(19(20,21)22,24-12-14-9-6-7-11-23-14)25-16(26)15-10-5-4-8-13(15)2/h4-11,24H,3,12H2,1-2H3,(H,25,26)/t18-/m1/s1. The van der Waals surface area contributed by atoms with Crippen LogP contribution in [0, 0.1) is 6.92 Å². The molecule has 1 heterocycles. The van der Waals surface area contributed by atoms with E-state index < -0.39 is 30.3 Å². The van der Waals surface area contributed by atoms with Crippen LogP contribution in [0.25, 0.3) is 0 Å². The summed E-state index contributed by atoms with van der Waals surface area (Å²) < 4.78 is 46.7. The maximum atomic E-state index is 14.0. The van der Waals surface area contributed by atoms with Gasteiger partial charge in [-0.15, -0.1) is 0 Å². The van der Waals surface area contributed by atoms with E-state index in [1.807, 2.05) is 0 Å². The van der Waals surface area contributed by atoms with Gasteiger partial charge in [0.2, 0.25) is 0 Å². The number of halogens is 3. The van der Waals surface area contributed by atoms with E-state index in [0.29, 0.717) is 5.56 Å². The Bertz CT molecular complexity index is 828. The number of aromatic nitrogens is 1. The molecule has 0 aliphatic rings. The van der Waals surface area contributed by atoms with Gasteiger partial charge in [0.1, 0.15) is 0 Å². The van der Waals surface area contributed by atoms with Gasteiger partial charge in [0, 0.05) is 18.3 Å². The van der Waals surface area contributed by atoms with E-state index in [9.17, 15) is 22.8 Å². The molecule has 0 saturated carbocycles. The van der Waals surface area contributed by atoms with Crippen molar-refractivity contribution in [3.8, 4) is 0 Å². The minimum absolute atomic E-state index is 0.0139. The van der Waals surface area contributed by atoms with Crippen molar-refractivity contribution < 1.29 is 27.5 Å². The van der Waals surface area contributed by atoms with Crippen molar-refractivity contribution in [1.29, 1.82) is 0 Å². The molecule has 0 aliphatic carbocycles. The summed E-state index contributed by atoms with van der Waals surface area (Å²) in [6, 6.07) is 10.8. The number of carbonyl (C=O) groups excluding carboxylic acids is 2. The zero-order valence-corrected chi connectivity index (χ0v) is 15.3. The number of hydrogen-bond donors (Lipinski definition) is 2. The van der Waals surface area contributed by atoms with Crippen LogP contribution in [0.4, 0.5) is 13.2 Å². The Hall–Kier alpha value is -2.94. The molecule has 9 heteroatoms. The lowest BCUT2D eigenvalue weighted by molar-refractivity contribution is -0.219. The van der Waals surface area contributed by atoms with E-state index in [-0.39, 0.29) is 17.9 Å². The number of benzene rings is 1. The zero-order chi connectivity index (χ0) is 20.8. The summed E-state index contributed by atoms with van der Waals surface area (Å²) in [5.41, 5.74) is -2.70. The molecule has 0 radical (unpaired) electrons. The lowest BCUT2D eigenvalue weighted by atomic mass is 10.1. The number of hydrogen-bond acceptors (Lipinski definition) is 5. The first-order valence-corrected chi connectivity index (χ1v) is 8.48. The van der Waals surface area contributed by atoms with Crippen LogP contribution in [0.1, 0.15) is 28.5 Å². The summed E-state index contributed by atoms with van der Waals surface area (Å²) in [6.07, 6.45) is -3.77. The van der Waals surface area contributed by atoms with Crippen LogP contribution in [-0.4, -0.2) is 35.3 Å². The molecule has 0 fully saturated rings. The quantitative estimate of drug-likeness (QED) is 0.557. The average Bonchev–Trinajstić information content (AvgIpc) is 2.65. The number of pyridine rings is 1. The molecule has 1 aromatic carbocycles. The van der Waals surface area contributed by atoms with E-state index in [1.165, 1.54) is 31.3 Å². The number of amides is 1. The third-order valence-corrected chi connectivity index (χ3v) is 3.96. The van der Waals surface area contributed by atoms with Crippen LogP contribution in [0.2, 0.25) is 0 Å². The molecule has 150 valence electrons. The van der Waals surface area contributed by atoms with Gasteiger partial charge in [0.05, 0.1) is 12.3 Å². The molecule has 1 aromatic heterocycles. The summed E-state index contributed by atoms with van der Waals surface area (Å²) in [4.78, 5) is 28.8. The molecule has 0 saturated heterocycles. The van der Waals surface area contributed by atoms with Crippen LogP contribution in [0.3, 0.4) is 0 Å². The second-order valence-corrected chi connectivity index (χ2v) is 5.91. The Balaban J connectivity index is 2.42. The Morgan fingerprint density at radius 1 is 1.11 bits per heavy atom. The van der Waals surface area contributed by atoms with Gasteiger partial charge in [-0.1, -0.05) is 24.3 Å². The summed E-state index contributed by atoms with van der Waals surface area (Å²) in [7, 11) is 0. The highest BCUT2D eigenvalue weighted by atomic mass is 19.4. The largest absolute Gasteiger partial charge is 0.463 e. The summed E-state index contributed by atoms with van der Waals surface area (Å²) in [5, 5.41) is 3.91. The second kappa shape index (κ2) is 8.83. The number of carbonyl (C=O) groups is 2. The number of nitrogens with one attached hydrogen (secondary N) is 2. The van der Waals surface area contributed by atoms with Gasteiger partial charge in [-0.3, -0.25) is 15.1 Å². The van der Waals surface area contributed by atoms with Gasteiger partial charge >= 0.3 is 12.1 Å². The van der Waals surface area contributed by atoms with Gasteiger partial charge in [0.25, 0.3) is 11.6 Å². The first-order chi connectivity index (χ1) is 13.2. The second-order valence-electron chi connectivity index (χ2n) is 5.91. The molecule has 2 N–H and O–H groups in total. The molecule has 1 atom stereocenters. The van der Waals surface area contributed by atoms with E-state index >= 15 is 0 Å². The lowest BCUT2D eigenvalue weighted by Gasteiger charge is -2.34. The number of aryl methyl sites for hydroxylation is 1. The predicted molar refractivity (Wildman–Crippen MR) is 95.1 cm³/mol. The molecule has 0 bridgehead atoms. The van der Waals surface area contributed by atoms with Crippen LogP contribution >= 0.6 is 0 Å². The molecule has 0 unspecified atom stereocenters. The van der Waals surface area contributed by atoms with Crippen LogP contribution in [0.15, 0.2) is 48.7 Å². The van der Waals surface area contributed by atoms with Crippen molar-refractivity contribution in [2.24, 2.45) is 0 Å². The monoisotopic (exact) mass is 395 g/mol. The molecule has 6 nitrogen and oxygen atoms in total. The number of alkyl halides is 3. The molecule has 0 aliphatic heterocycles. The highest BCUT2D eigenvalue weighted by Gasteiger charge is 2.63. The molecule has 1 amide bonds. The highest BCUT2D eigenvalue weighted by molar-refractivity contribution is 5.99. The van der Waals surface area contributed by atoms with E-state index in [4.69, 9.17) is 0 Å². The van der Waals surface area contributed by atoms with Gasteiger partial charge in [-0.25, -0.2) is 4.79 Å². The Kier molecular flexibility index (Phi) is 6.74. The molecule has 2 rings (SSSR count). The molecule has 28 heavy (non-hydrogen) atoms. The summed E-state index contributed by atoms with van der Waals surface area (Å²) in [6.45, 7) is 2.24. The SMILES string of the molecule is CCOC(=O)[C@@](NCc1ccccn1)(NC(=O)c1ccccc1C)C(F)(F)F. The van der Waals surface area contributed by atoms with Crippen molar-refractivity contribution in [3.05, 3.63) is 65.5 Å². The van der Waals surface area contributed by atoms with Crippen molar-refractivity contribution in [2.75, 3.05) is 6.61 Å². The molecule has 2 aromatic rings. The topological polar surface area (TPSA) is 80.3 Å². The fourth-order valence-corrected chi connectivity index (χ4v) is 2.48. The first-order valence-electron chi connectivity index (χ1n) is 8.48. The normalized spacial score (nSPS) is 13.5. The first kappa shape index (κ1) is 21.4. The van der Waals surface area contributed by atoms with Crippen molar-refractivity contribution in [2.45, 2.75) is 32.2 Å². The molecular weight excluding hydrogens is 375 g/mol. The highest BCUT2D eigenvalue weighted by Crippen LogP contribution is 2.30. The van der Waals surface area contributed by atoms with Crippen LogP contribution in [0.5, 0.6) is 0 Å². The summed E-state index contributed by atoms with van der Waals surface area (Å²) >= 11 is 0. The average molecular weight is 395 g/mol. The maximum absolute atomic E-state index is 14.0. The lowest BCUT2D eigenvalue weighted by Crippen LogP contribution is -2.72. The number of esters is 1. The zero-order valence-electron chi connectivity index (χ0n) is 15.3. The Morgan fingerprint density at radius 3 is 2.36 bits per heavy atom. The van der Waals surface area contributed by atoms with E-state index in [2.05, 4.69) is 15.0 Å². The third kappa shape index (κ3) is 4.66.